The van der Waals surface area contributed by atoms with E-state index < -0.39 is 0 Å². The monoisotopic (exact) mass is 490 g/mol. The van der Waals surface area contributed by atoms with Crippen LogP contribution in [0.5, 0.6) is 0 Å². The summed E-state index contributed by atoms with van der Waals surface area (Å²) in [6.07, 6.45) is 3.16. The molecule has 0 saturated heterocycles. The molecule has 2 heterocycles. The fourth-order valence-corrected chi connectivity index (χ4v) is 7.10. The van der Waals surface area contributed by atoms with Gasteiger partial charge in [-0.25, -0.2) is 0 Å². The fraction of sp³-hybridized carbons (Fsp3) is 0.357. The Labute approximate surface area is 208 Å². The van der Waals surface area contributed by atoms with E-state index >= 15 is 0 Å². The lowest BCUT2D eigenvalue weighted by Gasteiger charge is -2.32. The standard InChI is InChI=1S/C28H30N2O2S2/c1-29(15-21-17-33-25-9-5-3-7-23(21)25)27(31)19-11-13-20(14-12-19)28(32)30(2)16-22-18-34-26-10-6-4-8-24(22)26/h3-10,17-20H,11-16H2,1-2H3. The third kappa shape index (κ3) is 4.62. The van der Waals surface area contributed by atoms with Gasteiger partial charge < -0.3 is 9.80 Å². The minimum atomic E-state index is 0.0186. The van der Waals surface area contributed by atoms with E-state index in [-0.39, 0.29) is 23.7 Å². The molecule has 1 fully saturated rings. The van der Waals surface area contributed by atoms with Gasteiger partial charge in [0.15, 0.2) is 0 Å². The number of nitrogens with zero attached hydrogens (tertiary/aromatic N) is 2. The predicted molar refractivity (Wildman–Crippen MR) is 142 cm³/mol. The quantitative estimate of drug-likeness (QED) is 0.308. The molecule has 5 rings (SSSR count). The van der Waals surface area contributed by atoms with Crippen LogP contribution in [0.3, 0.4) is 0 Å². The summed E-state index contributed by atoms with van der Waals surface area (Å²) in [5.74, 6) is 0.453. The highest BCUT2D eigenvalue weighted by Crippen LogP contribution is 2.33. The molecule has 1 aliphatic carbocycles. The first-order chi connectivity index (χ1) is 16.5. The van der Waals surface area contributed by atoms with E-state index in [1.54, 1.807) is 22.7 Å². The molecule has 4 aromatic rings. The van der Waals surface area contributed by atoms with Gasteiger partial charge in [0.05, 0.1) is 0 Å². The van der Waals surface area contributed by atoms with Crippen LogP contribution in [0.1, 0.15) is 36.8 Å². The largest absolute Gasteiger partial charge is 0.341 e. The average Bonchev–Trinajstić information content (AvgIpc) is 3.47. The van der Waals surface area contributed by atoms with Crippen LogP contribution in [0, 0.1) is 11.8 Å². The average molecular weight is 491 g/mol. The number of carbonyl (C=O) groups excluding carboxylic acids is 2. The summed E-state index contributed by atoms with van der Waals surface area (Å²) < 4.78 is 2.52. The number of benzene rings is 2. The van der Waals surface area contributed by atoms with Crippen molar-refractivity contribution in [3.8, 4) is 0 Å². The van der Waals surface area contributed by atoms with Crippen molar-refractivity contribution in [2.75, 3.05) is 14.1 Å². The summed E-state index contributed by atoms with van der Waals surface area (Å²) in [5.41, 5.74) is 2.42. The highest BCUT2D eigenvalue weighted by molar-refractivity contribution is 7.17. The summed E-state index contributed by atoms with van der Waals surface area (Å²) in [6.45, 7) is 1.28. The normalized spacial score (nSPS) is 18.3. The fourth-order valence-electron chi connectivity index (χ4n) is 5.19. The highest BCUT2D eigenvalue weighted by Gasteiger charge is 2.32. The van der Waals surface area contributed by atoms with Crippen LogP contribution in [0.2, 0.25) is 0 Å². The van der Waals surface area contributed by atoms with Crippen LogP contribution in [0.4, 0.5) is 0 Å². The summed E-state index contributed by atoms with van der Waals surface area (Å²) in [5, 5.41) is 6.80. The number of thiophene rings is 2. The van der Waals surface area contributed by atoms with Gasteiger partial charge in [-0.2, -0.15) is 0 Å². The van der Waals surface area contributed by atoms with Crippen LogP contribution < -0.4 is 0 Å². The Balaban J connectivity index is 1.15. The number of rotatable bonds is 6. The van der Waals surface area contributed by atoms with Crippen LogP contribution in [-0.2, 0) is 22.7 Å². The van der Waals surface area contributed by atoms with Crippen molar-refractivity contribution in [3.63, 3.8) is 0 Å². The molecule has 0 bridgehead atoms. The maximum Gasteiger partial charge on any atom is 0.225 e. The Bertz CT molecular complexity index is 1210. The van der Waals surface area contributed by atoms with E-state index in [2.05, 4.69) is 59.3 Å². The molecular weight excluding hydrogens is 460 g/mol. The minimum absolute atomic E-state index is 0.0186. The molecule has 0 atom stereocenters. The van der Waals surface area contributed by atoms with Gasteiger partial charge in [0.25, 0.3) is 0 Å². The van der Waals surface area contributed by atoms with Crippen LogP contribution in [0.25, 0.3) is 20.2 Å². The van der Waals surface area contributed by atoms with E-state index in [0.717, 1.165) is 25.7 Å². The smallest absolute Gasteiger partial charge is 0.225 e. The van der Waals surface area contributed by atoms with Gasteiger partial charge in [-0.1, -0.05) is 36.4 Å². The third-order valence-corrected chi connectivity index (χ3v) is 9.14. The zero-order valence-electron chi connectivity index (χ0n) is 19.7. The molecule has 6 heteroatoms. The summed E-state index contributed by atoms with van der Waals surface area (Å²) in [6, 6.07) is 16.7. The molecule has 176 valence electrons. The molecule has 2 aromatic heterocycles. The molecule has 0 radical (unpaired) electrons. The maximum atomic E-state index is 13.1. The summed E-state index contributed by atoms with van der Waals surface area (Å²) in [4.78, 5) is 30.0. The molecule has 1 saturated carbocycles. The SMILES string of the molecule is CN(Cc1csc2ccccc12)C(=O)C1CCC(C(=O)N(C)Cc2csc3ccccc23)CC1. The topological polar surface area (TPSA) is 40.6 Å². The Morgan fingerprint density at radius 1 is 0.706 bits per heavy atom. The zero-order valence-corrected chi connectivity index (χ0v) is 21.3. The van der Waals surface area contributed by atoms with E-state index in [4.69, 9.17) is 0 Å². The van der Waals surface area contributed by atoms with Gasteiger partial charge in [-0.15, -0.1) is 22.7 Å². The Morgan fingerprint density at radius 3 is 1.50 bits per heavy atom. The van der Waals surface area contributed by atoms with Crippen molar-refractivity contribution >= 4 is 54.7 Å². The number of amides is 2. The Morgan fingerprint density at radius 2 is 1.09 bits per heavy atom. The summed E-state index contributed by atoms with van der Waals surface area (Å²) in [7, 11) is 3.82. The van der Waals surface area contributed by atoms with Crippen molar-refractivity contribution in [2.45, 2.75) is 38.8 Å². The molecular formula is C28H30N2O2S2. The van der Waals surface area contributed by atoms with E-state index in [0.29, 0.717) is 13.1 Å². The molecule has 0 N–H and O–H groups in total. The van der Waals surface area contributed by atoms with Gasteiger partial charge in [-0.3, -0.25) is 9.59 Å². The van der Waals surface area contributed by atoms with Gasteiger partial charge in [-0.05, 0) is 70.5 Å². The molecule has 4 nitrogen and oxygen atoms in total. The van der Waals surface area contributed by atoms with Gasteiger partial charge >= 0.3 is 0 Å². The number of hydrogen-bond acceptors (Lipinski definition) is 4. The van der Waals surface area contributed by atoms with Crippen molar-refractivity contribution in [2.24, 2.45) is 11.8 Å². The first-order valence-corrected chi connectivity index (χ1v) is 13.7. The molecule has 2 amide bonds. The first kappa shape index (κ1) is 23.1. The second-order valence-electron chi connectivity index (χ2n) is 9.45. The molecule has 0 spiro atoms. The minimum Gasteiger partial charge on any atom is -0.341 e. The third-order valence-electron chi connectivity index (χ3n) is 7.12. The number of carbonyl (C=O) groups is 2. The lowest BCUT2D eigenvalue weighted by Crippen LogP contribution is -2.38. The lowest BCUT2D eigenvalue weighted by molar-refractivity contribution is -0.140. The number of fused-ring (bicyclic) bond motifs is 2. The zero-order chi connectivity index (χ0) is 23.7. The predicted octanol–water partition coefficient (Wildman–Crippen LogP) is 6.54. The van der Waals surface area contributed by atoms with Crippen LogP contribution in [-0.4, -0.2) is 35.7 Å². The molecule has 2 aromatic carbocycles. The first-order valence-electron chi connectivity index (χ1n) is 11.9. The lowest BCUT2D eigenvalue weighted by atomic mass is 9.80. The highest BCUT2D eigenvalue weighted by atomic mass is 32.1. The molecule has 0 unspecified atom stereocenters. The van der Waals surface area contributed by atoms with E-state index in [1.165, 1.54) is 31.3 Å². The second-order valence-corrected chi connectivity index (χ2v) is 11.3. The molecule has 34 heavy (non-hydrogen) atoms. The van der Waals surface area contributed by atoms with E-state index in [9.17, 15) is 9.59 Å². The van der Waals surface area contributed by atoms with Crippen LogP contribution >= 0.6 is 22.7 Å². The molecule has 0 aliphatic heterocycles. The van der Waals surface area contributed by atoms with Crippen molar-refractivity contribution in [1.29, 1.82) is 0 Å². The van der Waals surface area contributed by atoms with Crippen molar-refractivity contribution in [3.05, 3.63) is 70.4 Å². The van der Waals surface area contributed by atoms with Crippen molar-refractivity contribution in [1.82, 2.24) is 9.80 Å². The van der Waals surface area contributed by atoms with Gasteiger partial charge in [0.2, 0.25) is 11.8 Å². The van der Waals surface area contributed by atoms with Crippen molar-refractivity contribution < 1.29 is 9.59 Å². The van der Waals surface area contributed by atoms with Crippen LogP contribution in [0.15, 0.2) is 59.3 Å². The van der Waals surface area contributed by atoms with Gasteiger partial charge in [0, 0.05) is 48.4 Å². The summed E-state index contributed by atoms with van der Waals surface area (Å²) >= 11 is 3.46. The second kappa shape index (κ2) is 9.88. The van der Waals surface area contributed by atoms with Gasteiger partial charge in [0.1, 0.15) is 0 Å². The number of hydrogen-bond donors (Lipinski definition) is 0. The maximum absolute atomic E-state index is 13.1. The molecule has 1 aliphatic rings. The Kier molecular flexibility index (Phi) is 6.70. The van der Waals surface area contributed by atoms with E-state index in [1.807, 2.05) is 23.9 Å². The Hall–Kier alpha value is -2.70.